The number of phosphoric ester groups is 1. The van der Waals surface area contributed by atoms with Gasteiger partial charge in [0.15, 0.2) is 0 Å². The lowest BCUT2D eigenvalue weighted by Gasteiger charge is -2.58. The molecule has 0 spiro atoms. The van der Waals surface area contributed by atoms with Gasteiger partial charge in [-0.05, 0) is 111 Å². The van der Waals surface area contributed by atoms with E-state index in [2.05, 4.69) is 40.7 Å². The zero-order valence-corrected chi connectivity index (χ0v) is 41.3. The zero-order valence-electron chi connectivity index (χ0n) is 40.4. The Hall–Kier alpha value is -0.230. The summed E-state index contributed by atoms with van der Waals surface area (Å²) in [5, 5.41) is 0. The average molecular weight is 848 g/mol. The van der Waals surface area contributed by atoms with Gasteiger partial charge in [-0.1, -0.05) is 168 Å². The monoisotopic (exact) mass is 848 g/mol. The maximum absolute atomic E-state index is 11.8. The number of hydrogen-bond acceptors (Lipinski definition) is 5. The van der Waals surface area contributed by atoms with Gasteiger partial charge in [-0.15, -0.1) is 0 Å². The Balaban J connectivity index is 0.926. The number of hydrogen-bond donors (Lipinski definition) is 0. The lowest BCUT2D eigenvalue weighted by atomic mass is 9.47. The summed E-state index contributed by atoms with van der Waals surface area (Å²) in [5.41, 5.74) is 2.81. The second-order valence-electron chi connectivity index (χ2n) is 22.5. The van der Waals surface area contributed by atoms with Crippen molar-refractivity contribution in [3.05, 3.63) is 11.6 Å². The number of nitrogens with zero attached hydrogens (tertiary/aromatic N) is 1. The van der Waals surface area contributed by atoms with Crippen molar-refractivity contribution in [3.63, 3.8) is 0 Å². The minimum Gasteiger partial charge on any atom is -0.756 e. The van der Waals surface area contributed by atoms with E-state index in [9.17, 15) is 9.46 Å². The molecule has 1 unspecified atom stereocenters. The molecule has 4 rings (SSSR count). The van der Waals surface area contributed by atoms with Gasteiger partial charge in [0.25, 0.3) is 7.82 Å². The Morgan fingerprint density at radius 3 is 1.78 bits per heavy atom. The van der Waals surface area contributed by atoms with Crippen LogP contribution in [0.15, 0.2) is 11.6 Å². The van der Waals surface area contributed by atoms with Crippen molar-refractivity contribution >= 4 is 7.82 Å². The summed E-state index contributed by atoms with van der Waals surface area (Å²) < 4.78 is 29.1. The van der Waals surface area contributed by atoms with Crippen molar-refractivity contribution < 1.29 is 27.7 Å². The first-order valence-electron chi connectivity index (χ1n) is 25.9. The number of phosphoric acid groups is 1. The first-order chi connectivity index (χ1) is 28.1. The average Bonchev–Trinajstić information content (AvgIpc) is 3.53. The molecule has 0 saturated heterocycles. The summed E-state index contributed by atoms with van der Waals surface area (Å²) in [7, 11) is 1.86. The molecule has 0 amide bonds. The summed E-state index contributed by atoms with van der Waals surface area (Å²) in [6.45, 7) is 14.8. The van der Waals surface area contributed by atoms with Gasteiger partial charge in [-0.2, -0.15) is 0 Å². The number of unbranched alkanes of at least 4 members (excludes halogenated alkanes) is 17. The second kappa shape index (κ2) is 25.9. The summed E-state index contributed by atoms with van der Waals surface area (Å²) in [4.78, 5) is 11.8. The van der Waals surface area contributed by atoms with E-state index in [0.717, 1.165) is 61.4 Å². The van der Waals surface area contributed by atoms with Gasteiger partial charge in [0.05, 0.1) is 33.9 Å². The molecule has 4 aliphatic carbocycles. The first-order valence-corrected chi connectivity index (χ1v) is 27.3. The first kappa shape index (κ1) is 51.4. The number of fused-ring (bicyclic) bond motifs is 5. The predicted molar refractivity (Wildman–Crippen MR) is 248 cm³/mol. The Morgan fingerprint density at radius 2 is 1.22 bits per heavy atom. The third kappa shape index (κ3) is 17.3. The molecule has 0 bridgehead atoms. The van der Waals surface area contributed by atoms with Crippen LogP contribution in [0, 0.1) is 46.3 Å². The van der Waals surface area contributed by atoms with Gasteiger partial charge in [0.1, 0.15) is 13.2 Å². The van der Waals surface area contributed by atoms with E-state index < -0.39 is 7.82 Å². The fraction of sp³-hybridized carbons (Fsp3) is 0.962. The molecule has 0 aromatic carbocycles. The van der Waals surface area contributed by atoms with Crippen LogP contribution in [0.2, 0.25) is 0 Å². The molecule has 0 radical (unpaired) electrons. The Kier molecular flexibility index (Phi) is 22.6. The zero-order chi connectivity index (χ0) is 42.8. The van der Waals surface area contributed by atoms with E-state index in [1.165, 1.54) is 167 Å². The number of rotatable bonds is 32. The number of ether oxygens (including phenoxy) is 1. The highest BCUT2D eigenvalue weighted by molar-refractivity contribution is 7.45. The largest absolute Gasteiger partial charge is 0.756 e. The minimum absolute atomic E-state index is 0.167. The molecule has 3 fully saturated rings. The molecular formula is C52H98NO5P. The standard InChI is InChI=1S/C52H98NO5P/c1-43(2)28-27-29-44(3)48-32-33-49-47-31-30-45-42-46(34-36-51(45,4)50(47)35-37-52(48,49)5)56-39-25-23-21-19-17-15-13-11-9-10-12-14-16-18-20-22-24-26-40-57-59(54,55)58-41-38-53(6,7)8/h30,43-44,46-50H,9-29,31-42H2,1-8H3/t44-,46+,47+,48-,49+,50+,51+,52-/m1/s1. The van der Waals surface area contributed by atoms with Crippen LogP contribution in [0.5, 0.6) is 0 Å². The summed E-state index contributed by atoms with van der Waals surface area (Å²) in [6, 6.07) is 0. The van der Waals surface area contributed by atoms with Crippen molar-refractivity contribution in [2.75, 3.05) is 47.5 Å². The van der Waals surface area contributed by atoms with Gasteiger partial charge in [0.2, 0.25) is 0 Å². The molecule has 3 saturated carbocycles. The Morgan fingerprint density at radius 1 is 0.678 bits per heavy atom. The molecule has 7 heteroatoms. The van der Waals surface area contributed by atoms with E-state index in [1.54, 1.807) is 5.57 Å². The molecule has 0 N–H and O–H groups in total. The fourth-order valence-electron chi connectivity index (χ4n) is 12.7. The molecule has 0 aromatic heterocycles. The summed E-state index contributed by atoms with van der Waals surface area (Å²) >= 11 is 0. The van der Waals surface area contributed by atoms with E-state index in [4.69, 9.17) is 13.8 Å². The van der Waals surface area contributed by atoms with Crippen LogP contribution in [0.4, 0.5) is 0 Å². The second-order valence-corrected chi connectivity index (χ2v) is 23.9. The van der Waals surface area contributed by atoms with Gasteiger partial charge < -0.3 is 23.2 Å². The number of quaternary nitrogens is 1. The lowest BCUT2D eigenvalue weighted by Crippen LogP contribution is -2.51. The third-order valence-electron chi connectivity index (χ3n) is 16.4. The van der Waals surface area contributed by atoms with Gasteiger partial charge in [-0.3, -0.25) is 4.57 Å². The SMILES string of the molecule is CC(C)CCC[C@@H](C)[C@H]1CC[C@H]2[C@@H]3CC=C4C[C@@H](OCCCCCCCCCCCCCCCCCCCCOP(=O)([O-])OCC[N+](C)(C)C)CC[C@]4(C)[C@H]3CC[C@]12C. The maximum atomic E-state index is 11.8. The molecule has 9 atom stereocenters. The quantitative estimate of drug-likeness (QED) is 0.0292. The van der Waals surface area contributed by atoms with Crippen LogP contribution in [0.3, 0.4) is 0 Å². The highest BCUT2D eigenvalue weighted by Crippen LogP contribution is 2.67. The topological polar surface area (TPSA) is 67.8 Å². The maximum Gasteiger partial charge on any atom is 0.268 e. The molecule has 4 aliphatic rings. The minimum atomic E-state index is -4.16. The van der Waals surface area contributed by atoms with Crippen molar-refractivity contribution in [2.45, 2.75) is 227 Å². The van der Waals surface area contributed by atoms with E-state index in [0.29, 0.717) is 28.0 Å². The normalized spacial score (nSPS) is 29.8. The van der Waals surface area contributed by atoms with Crippen LogP contribution in [0.1, 0.15) is 221 Å². The summed E-state index contributed by atoms with van der Waals surface area (Å²) in [6.07, 6.45) is 41.9. The highest BCUT2D eigenvalue weighted by atomic mass is 31.2. The highest BCUT2D eigenvalue weighted by Gasteiger charge is 2.59. The predicted octanol–water partition coefficient (Wildman–Crippen LogP) is 14.6. The van der Waals surface area contributed by atoms with E-state index in [1.807, 2.05) is 21.1 Å². The van der Waals surface area contributed by atoms with Gasteiger partial charge >= 0.3 is 0 Å². The lowest BCUT2D eigenvalue weighted by molar-refractivity contribution is -0.870. The molecule has 0 heterocycles. The van der Waals surface area contributed by atoms with Gasteiger partial charge in [-0.25, -0.2) is 0 Å². The van der Waals surface area contributed by atoms with Crippen LogP contribution in [0.25, 0.3) is 0 Å². The van der Waals surface area contributed by atoms with Crippen molar-refractivity contribution in [1.82, 2.24) is 0 Å². The third-order valence-corrected chi connectivity index (χ3v) is 17.4. The molecule has 0 aromatic rings. The molecule has 0 aliphatic heterocycles. The van der Waals surface area contributed by atoms with Crippen LogP contribution >= 0.6 is 7.82 Å². The molecule has 6 nitrogen and oxygen atoms in total. The van der Waals surface area contributed by atoms with E-state index >= 15 is 0 Å². The van der Waals surface area contributed by atoms with Crippen molar-refractivity contribution in [3.8, 4) is 0 Å². The Bertz CT molecular complexity index is 1230. The number of likely N-dealkylation sites (N-methyl/N-ethyl adjacent to an activating group) is 1. The van der Waals surface area contributed by atoms with Crippen LogP contribution in [-0.4, -0.2) is 58.1 Å². The van der Waals surface area contributed by atoms with Crippen molar-refractivity contribution in [2.24, 2.45) is 46.3 Å². The molecular weight excluding hydrogens is 750 g/mol. The smallest absolute Gasteiger partial charge is 0.268 e. The van der Waals surface area contributed by atoms with Crippen LogP contribution < -0.4 is 4.89 Å². The van der Waals surface area contributed by atoms with Crippen LogP contribution in [-0.2, 0) is 18.3 Å². The number of allylic oxidation sites excluding steroid dienone is 1. The fourth-order valence-corrected chi connectivity index (χ4v) is 13.4. The van der Waals surface area contributed by atoms with Crippen molar-refractivity contribution in [1.29, 1.82) is 0 Å². The van der Waals surface area contributed by atoms with E-state index in [-0.39, 0.29) is 13.2 Å². The molecule has 346 valence electrons. The van der Waals surface area contributed by atoms with Gasteiger partial charge in [0, 0.05) is 6.61 Å². The summed E-state index contributed by atoms with van der Waals surface area (Å²) in [5.74, 6) is 5.50. The Labute approximate surface area is 366 Å². The molecule has 59 heavy (non-hydrogen) atoms.